The minimum atomic E-state index is 0.396. The highest BCUT2D eigenvalue weighted by molar-refractivity contribution is 5.98. The van der Waals surface area contributed by atoms with E-state index in [1.165, 1.54) is 38.5 Å². The minimum absolute atomic E-state index is 0.396. The lowest BCUT2D eigenvalue weighted by molar-refractivity contribution is 0.556. The third-order valence-electron chi connectivity index (χ3n) is 5.17. The van der Waals surface area contributed by atoms with Gasteiger partial charge in [-0.3, -0.25) is 0 Å². The molecule has 2 fully saturated rings. The van der Waals surface area contributed by atoms with Crippen LogP contribution in [0.4, 0.5) is 17.8 Å². The second-order valence-electron chi connectivity index (χ2n) is 7.19. The van der Waals surface area contributed by atoms with E-state index < -0.39 is 0 Å². The van der Waals surface area contributed by atoms with Crippen LogP contribution in [0, 0.1) is 0 Å². The standard InChI is InChI=1S/C20H27N7/c21-17(16-10-4-1-5-11-16)22-18-23-19(26-12-6-2-7-13-26)25-20(24-18)27-14-8-3-9-15-27/h1,4-5,10-11H,2-3,6-9,12-15H2,(H2,21,22,23,24,25). The van der Waals surface area contributed by atoms with Crippen molar-refractivity contribution in [3.63, 3.8) is 0 Å². The molecule has 142 valence electrons. The van der Waals surface area contributed by atoms with Crippen molar-refractivity contribution in [3.8, 4) is 0 Å². The third-order valence-corrected chi connectivity index (χ3v) is 5.17. The minimum Gasteiger partial charge on any atom is -0.383 e. The first-order valence-electron chi connectivity index (χ1n) is 9.95. The molecule has 0 aliphatic carbocycles. The Balaban J connectivity index is 1.68. The topological polar surface area (TPSA) is 83.5 Å². The first-order valence-corrected chi connectivity index (χ1v) is 9.95. The van der Waals surface area contributed by atoms with Gasteiger partial charge in [0.2, 0.25) is 11.9 Å². The van der Waals surface area contributed by atoms with Crippen LogP contribution < -0.4 is 15.5 Å². The molecule has 4 rings (SSSR count). The number of piperidine rings is 2. The average molecular weight is 365 g/mol. The number of anilines is 2. The molecule has 0 amide bonds. The van der Waals surface area contributed by atoms with E-state index in [2.05, 4.69) is 24.8 Å². The third kappa shape index (κ3) is 4.35. The lowest BCUT2D eigenvalue weighted by atomic mass is 10.1. The Morgan fingerprint density at radius 2 is 1.26 bits per heavy atom. The van der Waals surface area contributed by atoms with Gasteiger partial charge in [0.05, 0.1) is 0 Å². The van der Waals surface area contributed by atoms with Crippen LogP contribution in [-0.2, 0) is 0 Å². The van der Waals surface area contributed by atoms with Crippen molar-refractivity contribution in [1.82, 2.24) is 15.0 Å². The molecule has 7 nitrogen and oxygen atoms in total. The van der Waals surface area contributed by atoms with Crippen molar-refractivity contribution in [2.45, 2.75) is 38.5 Å². The smallest absolute Gasteiger partial charge is 0.257 e. The molecule has 0 saturated carbocycles. The number of aromatic nitrogens is 3. The number of nitrogens with zero attached hydrogens (tertiary/aromatic N) is 6. The summed E-state index contributed by atoms with van der Waals surface area (Å²) in [4.78, 5) is 23.0. The molecule has 1 aromatic carbocycles. The number of hydrogen-bond acceptors (Lipinski definition) is 6. The summed E-state index contributed by atoms with van der Waals surface area (Å²) in [6.45, 7) is 3.95. The fraction of sp³-hybridized carbons (Fsp3) is 0.500. The van der Waals surface area contributed by atoms with E-state index in [-0.39, 0.29) is 0 Å². The van der Waals surface area contributed by atoms with Crippen LogP contribution in [0.5, 0.6) is 0 Å². The van der Waals surface area contributed by atoms with E-state index in [0.717, 1.165) is 43.6 Å². The number of rotatable bonds is 4. The monoisotopic (exact) mass is 365 g/mol. The molecule has 0 radical (unpaired) electrons. The van der Waals surface area contributed by atoms with Crippen molar-refractivity contribution >= 4 is 23.7 Å². The number of benzene rings is 1. The Morgan fingerprint density at radius 3 is 1.78 bits per heavy atom. The number of amidine groups is 1. The molecule has 2 aliphatic rings. The zero-order valence-electron chi connectivity index (χ0n) is 15.7. The number of aliphatic imine (C=N–C) groups is 1. The van der Waals surface area contributed by atoms with E-state index >= 15 is 0 Å². The van der Waals surface area contributed by atoms with Gasteiger partial charge in [-0.15, -0.1) is 0 Å². The summed E-state index contributed by atoms with van der Waals surface area (Å²) < 4.78 is 0. The Kier molecular flexibility index (Phi) is 5.46. The van der Waals surface area contributed by atoms with Crippen LogP contribution >= 0.6 is 0 Å². The molecule has 7 heteroatoms. The van der Waals surface area contributed by atoms with Gasteiger partial charge in [-0.1, -0.05) is 30.3 Å². The predicted molar refractivity (Wildman–Crippen MR) is 109 cm³/mol. The summed E-state index contributed by atoms with van der Waals surface area (Å²) in [5.41, 5.74) is 7.08. The molecular formula is C20H27N7. The maximum absolute atomic E-state index is 6.21. The summed E-state index contributed by atoms with van der Waals surface area (Å²) in [5.74, 6) is 2.28. The van der Waals surface area contributed by atoms with Crippen LogP contribution in [0.3, 0.4) is 0 Å². The first kappa shape index (κ1) is 17.7. The van der Waals surface area contributed by atoms with Gasteiger partial charge in [0, 0.05) is 31.7 Å². The fourth-order valence-corrected chi connectivity index (χ4v) is 3.65. The Labute approximate surface area is 160 Å². The van der Waals surface area contributed by atoms with Gasteiger partial charge >= 0.3 is 0 Å². The molecular weight excluding hydrogens is 338 g/mol. The lowest BCUT2D eigenvalue weighted by Crippen LogP contribution is -2.34. The van der Waals surface area contributed by atoms with E-state index in [9.17, 15) is 0 Å². The second kappa shape index (κ2) is 8.33. The SMILES string of the molecule is NC(=Nc1nc(N2CCCCC2)nc(N2CCCCC2)n1)c1ccccc1. The highest BCUT2D eigenvalue weighted by Gasteiger charge is 2.20. The summed E-state index contributed by atoms with van der Waals surface area (Å²) in [5, 5.41) is 0. The molecule has 0 unspecified atom stereocenters. The highest BCUT2D eigenvalue weighted by atomic mass is 15.4. The first-order chi connectivity index (χ1) is 13.3. The van der Waals surface area contributed by atoms with E-state index in [1.54, 1.807) is 0 Å². The van der Waals surface area contributed by atoms with Crippen molar-refractivity contribution in [2.24, 2.45) is 10.7 Å². The average Bonchev–Trinajstić information content (AvgIpc) is 2.75. The molecule has 0 bridgehead atoms. The molecule has 0 atom stereocenters. The summed E-state index contributed by atoms with van der Waals surface area (Å²) >= 11 is 0. The number of nitrogens with two attached hydrogens (primary N) is 1. The molecule has 2 aliphatic heterocycles. The van der Waals surface area contributed by atoms with E-state index in [4.69, 9.17) is 10.7 Å². The summed E-state index contributed by atoms with van der Waals surface area (Å²) in [6.07, 6.45) is 7.25. The summed E-state index contributed by atoms with van der Waals surface area (Å²) in [6, 6.07) is 9.74. The lowest BCUT2D eigenvalue weighted by Gasteiger charge is -2.29. The normalized spacial score (nSPS) is 18.6. The summed E-state index contributed by atoms with van der Waals surface area (Å²) in [7, 11) is 0. The quantitative estimate of drug-likeness (QED) is 0.662. The van der Waals surface area contributed by atoms with Gasteiger partial charge in [0.1, 0.15) is 5.84 Å². The largest absolute Gasteiger partial charge is 0.383 e. The zero-order chi connectivity index (χ0) is 18.5. The maximum atomic E-state index is 6.21. The van der Waals surface area contributed by atoms with Crippen LogP contribution in [0.15, 0.2) is 35.3 Å². The second-order valence-corrected chi connectivity index (χ2v) is 7.19. The van der Waals surface area contributed by atoms with Gasteiger partial charge in [-0.2, -0.15) is 19.9 Å². The Morgan fingerprint density at radius 1 is 0.741 bits per heavy atom. The molecule has 2 saturated heterocycles. The Hall–Kier alpha value is -2.70. The number of hydrogen-bond donors (Lipinski definition) is 1. The zero-order valence-corrected chi connectivity index (χ0v) is 15.7. The van der Waals surface area contributed by atoms with Gasteiger partial charge in [0.25, 0.3) is 5.95 Å². The molecule has 2 N–H and O–H groups in total. The van der Waals surface area contributed by atoms with Crippen molar-refractivity contribution in [2.75, 3.05) is 36.0 Å². The van der Waals surface area contributed by atoms with Crippen LogP contribution in [0.25, 0.3) is 0 Å². The molecule has 0 spiro atoms. The fourth-order valence-electron chi connectivity index (χ4n) is 3.65. The molecule has 3 heterocycles. The van der Waals surface area contributed by atoms with Crippen molar-refractivity contribution in [3.05, 3.63) is 35.9 Å². The van der Waals surface area contributed by atoms with Crippen molar-refractivity contribution < 1.29 is 0 Å². The highest BCUT2D eigenvalue weighted by Crippen LogP contribution is 2.23. The van der Waals surface area contributed by atoms with Crippen LogP contribution in [-0.4, -0.2) is 47.0 Å². The molecule has 2 aromatic rings. The van der Waals surface area contributed by atoms with E-state index in [0.29, 0.717) is 11.8 Å². The van der Waals surface area contributed by atoms with Crippen molar-refractivity contribution in [1.29, 1.82) is 0 Å². The van der Waals surface area contributed by atoms with Gasteiger partial charge in [0.15, 0.2) is 0 Å². The van der Waals surface area contributed by atoms with Gasteiger partial charge in [-0.05, 0) is 38.5 Å². The van der Waals surface area contributed by atoms with E-state index in [1.807, 2.05) is 30.3 Å². The van der Waals surface area contributed by atoms with Crippen LogP contribution in [0.1, 0.15) is 44.1 Å². The van der Waals surface area contributed by atoms with Crippen LogP contribution in [0.2, 0.25) is 0 Å². The van der Waals surface area contributed by atoms with Gasteiger partial charge < -0.3 is 15.5 Å². The predicted octanol–water partition coefficient (Wildman–Crippen LogP) is 2.89. The maximum Gasteiger partial charge on any atom is 0.257 e. The van der Waals surface area contributed by atoms with Gasteiger partial charge in [-0.25, -0.2) is 0 Å². The molecule has 1 aromatic heterocycles. The Bertz CT molecular complexity index is 742. The molecule has 27 heavy (non-hydrogen) atoms.